The molecule has 3 aromatic rings. The van der Waals surface area contributed by atoms with E-state index in [1.807, 2.05) is 42.8 Å². The molecule has 7 heteroatoms. The molecule has 0 radical (unpaired) electrons. The average Bonchev–Trinajstić information content (AvgIpc) is 3.06. The molecule has 0 amide bonds. The van der Waals surface area contributed by atoms with Crippen molar-refractivity contribution in [1.82, 2.24) is 14.8 Å². The third kappa shape index (κ3) is 3.98. The predicted molar refractivity (Wildman–Crippen MR) is 106 cm³/mol. The van der Waals surface area contributed by atoms with Crippen molar-refractivity contribution in [3.05, 3.63) is 53.6 Å². The number of nitrogens with zero attached hydrogens (tertiary/aromatic N) is 3. The Hall–Kier alpha value is -2.80. The Morgan fingerprint density at radius 1 is 1.11 bits per heavy atom. The van der Waals surface area contributed by atoms with Crippen molar-refractivity contribution >= 4 is 17.5 Å². The largest absolute Gasteiger partial charge is 0.497 e. The molecule has 1 heterocycles. The highest BCUT2D eigenvalue weighted by Crippen LogP contribution is 2.28. The van der Waals surface area contributed by atoms with Crippen molar-refractivity contribution in [3.8, 4) is 22.9 Å². The van der Waals surface area contributed by atoms with Crippen LogP contribution in [0.15, 0.2) is 47.6 Å². The number of Topliss-reactive ketones (excluding diaryl/α,β-unsaturated/α-hetero) is 1. The first-order valence-electron chi connectivity index (χ1n) is 8.38. The zero-order valence-electron chi connectivity index (χ0n) is 15.7. The van der Waals surface area contributed by atoms with Crippen LogP contribution in [0.5, 0.6) is 11.5 Å². The zero-order chi connectivity index (χ0) is 19.4. The number of methoxy groups -OCH3 is 2. The fourth-order valence-electron chi connectivity index (χ4n) is 2.74. The van der Waals surface area contributed by atoms with Crippen LogP contribution in [0.25, 0.3) is 11.4 Å². The van der Waals surface area contributed by atoms with Gasteiger partial charge in [0.25, 0.3) is 0 Å². The van der Waals surface area contributed by atoms with Gasteiger partial charge in [0.2, 0.25) is 0 Å². The van der Waals surface area contributed by atoms with E-state index in [0.717, 1.165) is 17.0 Å². The van der Waals surface area contributed by atoms with Crippen molar-refractivity contribution in [3.63, 3.8) is 0 Å². The average molecular weight is 383 g/mol. The number of hydrogen-bond acceptors (Lipinski definition) is 6. The first-order chi connectivity index (χ1) is 13.0. The van der Waals surface area contributed by atoms with E-state index in [-0.39, 0.29) is 11.5 Å². The molecule has 0 atom stereocenters. The van der Waals surface area contributed by atoms with E-state index in [1.54, 1.807) is 25.3 Å². The lowest BCUT2D eigenvalue weighted by Crippen LogP contribution is -2.06. The number of ether oxygens (including phenoxy) is 2. The van der Waals surface area contributed by atoms with Gasteiger partial charge in [0.15, 0.2) is 16.8 Å². The van der Waals surface area contributed by atoms with Gasteiger partial charge >= 0.3 is 0 Å². The second-order valence-corrected chi connectivity index (χ2v) is 6.90. The van der Waals surface area contributed by atoms with E-state index >= 15 is 0 Å². The van der Waals surface area contributed by atoms with Gasteiger partial charge in [-0.05, 0) is 24.6 Å². The second kappa shape index (κ2) is 8.26. The number of hydrogen-bond donors (Lipinski definition) is 0. The van der Waals surface area contributed by atoms with E-state index in [9.17, 15) is 4.79 Å². The van der Waals surface area contributed by atoms with Gasteiger partial charge in [0, 0.05) is 18.7 Å². The Labute approximate surface area is 162 Å². The first kappa shape index (κ1) is 19.0. The van der Waals surface area contributed by atoms with E-state index in [0.29, 0.717) is 22.2 Å². The van der Waals surface area contributed by atoms with Gasteiger partial charge in [-0.25, -0.2) is 0 Å². The molecule has 3 rings (SSSR count). The zero-order valence-corrected chi connectivity index (χ0v) is 16.5. The minimum Gasteiger partial charge on any atom is -0.497 e. The van der Waals surface area contributed by atoms with Crippen LogP contribution in [0, 0.1) is 6.92 Å². The molecule has 0 spiro atoms. The summed E-state index contributed by atoms with van der Waals surface area (Å²) in [4.78, 5) is 12.6. The highest BCUT2D eigenvalue weighted by atomic mass is 32.2. The van der Waals surface area contributed by atoms with Crippen LogP contribution in [0.1, 0.15) is 15.9 Å². The van der Waals surface area contributed by atoms with Crippen LogP contribution < -0.4 is 9.47 Å². The molecule has 140 valence electrons. The number of benzene rings is 2. The number of rotatable bonds is 7. The van der Waals surface area contributed by atoms with Crippen LogP contribution in [-0.4, -0.2) is 40.5 Å². The summed E-state index contributed by atoms with van der Waals surface area (Å²) in [5.74, 6) is 2.12. The molecule has 0 aliphatic rings. The highest BCUT2D eigenvalue weighted by Gasteiger charge is 2.17. The smallest absolute Gasteiger partial charge is 0.191 e. The Morgan fingerprint density at radius 3 is 2.59 bits per heavy atom. The van der Waals surface area contributed by atoms with Gasteiger partial charge < -0.3 is 14.0 Å². The van der Waals surface area contributed by atoms with Crippen molar-refractivity contribution in [2.24, 2.45) is 7.05 Å². The number of ketones is 1. The summed E-state index contributed by atoms with van der Waals surface area (Å²) in [5, 5.41) is 9.22. The summed E-state index contributed by atoms with van der Waals surface area (Å²) in [7, 11) is 5.02. The summed E-state index contributed by atoms with van der Waals surface area (Å²) in [6, 6.07) is 13.2. The molecule has 27 heavy (non-hydrogen) atoms. The Kier molecular flexibility index (Phi) is 5.81. The predicted octanol–water partition coefficient (Wildman–Crippen LogP) is 3.78. The van der Waals surface area contributed by atoms with Crippen molar-refractivity contribution in [2.45, 2.75) is 12.1 Å². The SMILES string of the molecule is COc1ccc(C(=O)CSc2nnc(-c3ccccc3C)n2C)c(OC)c1. The van der Waals surface area contributed by atoms with Gasteiger partial charge in [-0.15, -0.1) is 10.2 Å². The summed E-state index contributed by atoms with van der Waals surface area (Å²) >= 11 is 1.35. The van der Waals surface area contributed by atoms with Crippen LogP contribution in [0.4, 0.5) is 0 Å². The molecule has 0 fully saturated rings. The maximum absolute atomic E-state index is 12.6. The van der Waals surface area contributed by atoms with Crippen molar-refractivity contribution in [1.29, 1.82) is 0 Å². The summed E-state index contributed by atoms with van der Waals surface area (Å²) in [5.41, 5.74) is 2.68. The van der Waals surface area contributed by atoms with Gasteiger partial charge in [-0.1, -0.05) is 36.0 Å². The summed E-state index contributed by atoms with van der Waals surface area (Å²) in [6.07, 6.45) is 0. The molecule has 0 saturated carbocycles. The van der Waals surface area contributed by atoms with Crippen LogP contribution in [0.3, 0.4) is 0 Å². The van der Waals surface area contributed by atoms with Crippen LogP contribution >= 0.6 is 11.8 Å². The Bertz CT molecular complexity index is 969. The van der Waals surface area contributed by atoms with Crippen molar-refractivity contribution in [2.75, 3.05) is 20.0 Å². The molecule has 0 bridgehead atoms. The van der Waals surface area contributed by atoms with Gasteiger partial charge in [0.1, 0.15) is 11.5 Å². The number of aromatic nitrogens is 3. The molecule has 0 N–H and O–H groups in total. The monoisotopic (exact) mass is 383 g/mol. The quantitative estimate of drug-likeness (QED) is 0.457. The number of carbonyl (C=O) groups excluding carboxylic acids is 1. The van der Waals surface area contributed by atoms with Crippen molar-refractivity contribution < 1.29 is 14.3 Å². The van der Waals surface area contributed by atoms with E-state index in [4.69, 9.17) is 9.47 Å². The third-order valence-electron chi connectivity index (χ3n) is 4.26. The van der Waals surface area contributed by atoms with E-state index < -0.39 is 0 Å². The molecular weight excluding hydrogens is 362 g/mol. The molecule has 0 aliphatic carbocycles. The minimum atomic E-state index is -0.0417. The summed E-state index contributed by atoms with van der Waals surface area (Å²) < 4.78 is 12.4. The normalized spacial score (nSPS) is 10.7. The lowest BCUT2D eigenvalue weighted by Gasteiger charge is -2.09. The molecule has 0 unspecified atom stereocenters. The standard InChI is InChI=1S/C20H21N3O3S/c1-13-7-5-6-8-15(13)19-21-22-20(23(19)2)27-12-17(24)16-10-9-14(25-3)11-18(16)26-4/h5-11H,12H2,1-4H3. The Balaban J connectivity index is 1.76. The van der Waals surface area contributed by atoms with Crippen LogP contribution in [0.2, 0.25) is 0 Å². The fraction of sp³-hybridized carbons (Fsp3) is 0.250. The van der Waals surface area contributed by atoms with Gasteiger partial charge in [0.05, 0.1) is 25.5 Å². The minimum absolute atomic E-state index is 0.0417. The third-order valence-corrected chi connectivity index (χ3v) is 5.28. The second-order valence-electron chi connectivity index (χ2n) is 5.96. The Morgan fingerprint density at radius 2 is 1.89 bits per heavy atom. The molecule has 6 nitrogen and oxygen atoms in total. The first-order valence-corrected chi connectivity index (χ1v) is 9.37. The van der Waals surface area contributed by atoms with Gasteiger partial charge in [-0.3, -0.25) is 4.79 Å². The fourth-order valence-corrected chi connectivity index (χ4v) is 3.53. The topological polar surface area (TPSA) is 66.2 Å². The lowest BCUT2D eigenvalue weighted by molar-refractivity contribution is 0.101. The maximum atomic E-state index is 12.6. The number of aryl methyl sites for hydroxylation is 1. The number of thioether (sulfide) groups is 1. The van der Waals surface area contributed by atoms with Crippen LogP contribution in [-0.2, 0) is 7.05 Å². The molecule has 0 aliphatic heterocycles. The molecule has 0 saturated heterocycles. The lowest BCUT2D eigenvalue weighted by atomic mass is 10.1. The number of carbonyl (C=O) groups is 1. The molecule has 2 aromatic carbocycles. The maximum Gasteiger partial charge on any atom is 0.191 e. The van der Waals surface area contributed by atoms with Gasteiger partial charge in [-0.2, -0.15) is 0 Å². The summed E-state index contributed by atoms with van der Waals surface area (Å²) in [6.45, 7) is 2.04. The molecular formula is C20H21N3O3S. The van der Waals surface area contributed by atoms with E-state index in [2.05, 4.69) is 10.2 Å². The van der Waals surface area contributed by atoms with E-state index in [1.165, 1.54) is 18.9 Å². The highest BCUT2D eigenvalue weighted by molar-refractivity contribution is 7.99. The molecule has 1 aromatic heterocycles.